The second-order valence-corrected chi connectivity index (χ2v) is 4.97. The van der Waals surface area contributed by atoms with Crippen molar-refractivity contribution in [2.75, 3.05) is 27.2 Å². The van der Waals surface area contributed by atoms with Crippen molar-refractivity contribution in [3.63, 3.8) is 0 Å². The third-order valence-electron chi connectivity index (χ3n) is 1.92. The zero-order chi connectivity index (χ0) is 10.4. The third kappa shape index (κ3) is 4.37. The van der Waals surface area contributed by atoms with Crippen molar-refractivity contribution < 1.29 is 0 Å². The molecule has 0 unspecified atom stereocenters. The summed E-state index contributed by atoms with van der Waals surface area (Å²) in [5.74, 6) is 0. The number of hydrogen-bond donors (Lipinski definition) is 1. The molecule has 0 fully saturated rings. The van der Waals surface area contributed by atoms with E-state index < -0.39 is 0 Å². The van der Waals surface area contributed by atoms with E-state index in [1.54, 1.807) is 11.3 Å². The molecule has 0 saturated heterocycles. The van der Waals surface area contributed by atoms with Crippen molar-refractivity contribution in [2.24, 2.45) is 0 Å². The lowest BCUT2D eigenvalue weighted by molar-refractivity contribution is 0.323. The van der Waals surface area contributed by atoms with Crippen molar-refractivity contribution in [1.82, 2.24) is 15.2 Å². The summed E-state index contributed by atoms with van der Waals surface area (Å²) < 4.78 is 0.628. The van der Waals surface area contributed by atoms with Gasteiger partial charge in [0.1, 0.15) is 0 Å². The summed E-state index contributed by atoms with van der Waals surface area (Å²) in [6, 6.07) is 0. The lowest BCUT2D eigenvalue weighted by Crippen LogP contribution is -2.21. The SMILES string of the molecule is CNCCCN(C)Cc1cnc(Cl)s1. The first-order valence-corrected chi connectivity index (χ1v) is 5.85. The molecule has 0 bridgehead atoms. The van der Waals surface area contributed by atoms with Crippen molar-refractivity contribution in [3.8, 4) is 0 Å². The Morgan fingerprint density at radius 2 is 2.43 bits per heavy atom. The number of aromatic nitrogens is 1. The molecular weight excluding hydrogens is 218 g/mol. The van der Waals surface area contributed by atoms with Gasteiger partial charge in [-0.05, 0) is 33.6 Å². The highest BCUT2D eigenvalue weighted by atomic mass is 35.5. The molecule has 1 aromatic heterocycles. The van der Waals surface area contributed by atoms with Crippen LogP contribution in [0.4, 0.5) is 0 Å². The molecule has 0 saturated carbocycles. The Bertz CT molecular complexity index is 264. The third-order valence-corrected chi connectivity index (χ3v) is 3.02. The van der Waals surface area contributed by atoms with E-state index in [0.717, 1.165) is 19.6 Å². The van der Waals surface area contributed by atoms with Gasteiger partial charge in [-0.15, -0.1) is 11.3 Å². The van der Waals surface area contributed by atoms with Crippen LogP contribution in [0.15, 0.2) is 6.20 Å². The first kappa shape index (κ1) is 11.9. The van der Waals surface area contributed by atoms with Crippen LogP contribution in [0.5, 0.6) is 0 Å². The predicted molar refractivity (Wildman–Crippen MR) is 62.0 cm³/mol. The number of rotatable bonds is 6. The quantitative estimate of drug-likeness (QED) is 0.760. The summed E-state index contributed by atoms with van der Waals surface area (Å²) in [5, 5.41) is 3.13. The van der Waals surface area contributed by atoms with E-state index in [1.165, 1.54) is 11.3 Å². The van der Waals surface area contributed by atoms with Gasteiger partial charge in [-0.25, -0.2) is 4.98 Å². The van der Waals surface area contributed by atoms with Gasteiger partial charge in [0, 0.05) is 17.6 Å². The van der Waals surface area contributed by atoms with Crippen molar-refractivity contribution in [2.45, 2.75) is 13.0 Å². The molecule has 0 aromatic carbocycles. The van der Waals surface area contributed by atoms with Crippen molar-refractivity contribution in [3.05, 3.63) is 15.5 Å². The monoisotopic (exact) mass is 233 g/mol. The Hall–Kier alpha value is -0.160. The van der Waals surface area contributed by atoms with Crippen LogP contribution >= 0.6 is 22.9 Å². The van der Waals surface area contributed by atoms with Crippen molar-refractivity contribution in [1.29, 1.82) is 0 Å². The Kier molecular flexibility index (Phi) is 5.40. The van der Waals surface area contributed by atoms with E-state index in [4.69, 9.17) is 11.6 Å². The molecular formula is C9H16ClN3S. The molecule has 1 heterocycles. The molecule has 80 valence electrons. The van der Waals surface area contributed by atoms with E-state index in [-0.39, 0.29) is 0 Å². The minimum absolute atomic E-state index is 0.628. The zero-order valence-electron chi connectivity index (χ0n) is 8.59. The van der Waals surface area contributed by atoms with Gasteiger partial charge in [0.2, 0.25) is 0 Å². The van der Waals surface area contributed by atoms with Crippen LogP contribution in [-0.2, 0) is 6.54 Å². The summed E-state index contributed by atoms with van der Waals surface area (Å²) in [7, 11) is 4.09. The molecule has 1 aromatic rings. The molecule has 0 aliphatic carbocycles. The van der Waals surface area contributed by atoms with Gasteiger partial charge in [0.25, 0.3) is 0 Å². The molecule has 3 nitrogen and oxygen atoms in total. The fourth-order valence-corrected chi connectivity index (χ4v) is 2.29. The highest BCUT2D eigenvalue weighted by molar-refractivity contribution is 7.15. The van der Waals surface area contributed by atoms with Gasteiger partial charge >= 0.3 is 0 Å². The Morgan fingerprint density at radius 3 is 3.00 bits per heavy atom. The van der Waals surface area contributed by atoms with Crippen LogP contribution in [-0.4, -0.2) is 37.1 Å². The molecule has 0 aliphatic rings. The zero-order valence-corrected chi connectivity index (χ0v) is 10.2. The van der Waals surface area contributed by atoms with Crippen LogP contribution < -0.4 is 5.32 Å². The van der Waals surface area contributed by atoms with E-state index in [1.807, 2.05) is 13.2 Å². The topological polar surface area (TPSA) is 28.2 Å². The van der Waals surface area contributed by atoms with Crippen LogP contribution in [0.1, 0.15) is 11.3 Å². The molecule has 0 aliphatic heterocycles. The van der Waals surface area contributed by atoms with Gasteiger partial charge in [0.15, 0.2) is 4.47 Å². The van der Waals surface area contributed by atoms with Gasteiger partial charge in [-0.2, -0.15) is 0 Å². The fraction of sp³-hybridized carbons (Fsp3) is 0.667. The summed E-state index contributed by atoms with van der Waals surface area (Å²) in [5.41, 5.74) is 0. The highest BCUT2D eigenvalue weighted by Crippen LogP contribution is 2.18. The second-order valence-electron chi connectivity index (χ2n) is 3.27. The molecule has 1 rings (SSSR count). The molecule has 0 spiro atoms. The molecule has 14 heavy (non-hydrogen) atoms. The lowest BCUT2D eigenvalue weighted by atomic mass is 10.4. The molecule has 0 atom stereocenters. The van der Waals surface area contributed by atoms with Gasteiger partial charge in [0.05, 0.1) is 0 Å². The number of thiazole rings is 1. The normalized spacial score (nSPS) is 11.1. The van der Waals surface area contributed by atoms with Crippen LogP contribution in [0.3, 0.4) is 0 Å². The highest BCUT2D eigenvalue weighted by Gasteiger charge is 2.03. The Balaban J connectivity index is 2.23. The molecule has 0 amide bonds. The number of hydrogen-bond acceptors (Lipinski definition) is 4. The van der Waals surface area contributed by atoms with E-state index in [0.29, 0.717) is 4.47 Å². The second kappa shape index (κ2) is 6.35. The van der Waals surface area contributed by atoms with Gasteiger partial charge in [-0.3, -0.25) is 0 Å². The number of nitrogens with one attached hydrogen (secondary N) is 1. The van der Waals surface area contributed by atoms with E-state index >= 15 is 0 Å². The summed E-state index contributed by atoms with van der Waals surface area (Å²) in [6.07, 6.45) is 3.01. The lowest BCUT2D eigenvalue weighted by Gasteiger charge is -2.14. The Morgan fingerprint density at radius 1 is 1.64 bits per heavy atom. The first-order valence-electron chi connectivity index (χ1n) is 4.65. The number of nitrogens with zero attached hydrogens (tertiary/aromatic N) is 2. The average molecular weight is 234 g/mol. The minimum atomic E-state index is 0.628. The van der Waals surface area contributed by atoms with Crippen molar-refractivity contribution >= 4 is 22.9 Å². The predicted octanol–water partition coefficient (Wildman–Crippen LogP) is 1.84. The number of halogens is 1. The van der Waals surface area contributed by atoms with E-state index in [2.05, 4.69) is 22.2 Å². The summed E-state index contributed by atoms with van der Waals surface area (Å²) in [6.45, 7) is 3.10. The van der Waals surface area contributed by atoms with Crippen LogP contribution in [0, 0.1) is 0 Å². The maximum absolute atomic E-state index is 5.75. The molecule has 1 N–H and O–H groups in total. The first-order chi connectivity index (χ1) is 6.72. The average Bonchev–Trinajstić information content (AvgIpc) is 2.52. The Labute approximate surface area is 94.1 Å². The van der Waals surface area contributed by atoms with Crippen LogP contribution in [0.2, 0.25) is 4.47 Å². The standard InChI is InChI=1S/C9H16ClN3S/c1-11-4-3-5-13(2)7-8-6-12-9(10)14-8/h6,11H,3-5,7H2,1-2H3. The smallest absolute Gasteiger partial charge is 0.183 e. The minimum Gasteiger partial charge on any atom is -0.320 e. The molecule has 5 heteroatoms. The largest absolute Gasteiger partial charge is 0.320 e. The maximum Gasteiger partial charge on any atom is 0.183 e. The molecule has 0 radical (unpaired) electrons. The maximum atomic E-state index is 5.75. The summed E-state index contributed by atoms with van der Waals surface area (Å²) >= 11 is 7.30. The van der Waals surface area contributed by atoms with Crippen LogP contribution in [0.25, 0.3) is 0 Å². The fourth-order valence-electron chi connectivity index (χ4n) is 1.23. The van der Waals surface area contributed by atoms with E-state index in [9.17, 15) is 0 Å². The van der Waals surface area contributed by atoms with Gasteiger partial charge in [-0.1, -0.05) is 11.6 Å². The summed E-state index contributed by atoms with van der Waals surface area (Å²) in [4.78, 5) is 7.51. The van der Waals surface area contributed by atoms with Gasteiger partial charge < -0.3 is 10.2 Å².